The molecule has 0 bridgehead atoms. The van der Waals surface area contributed by atoms with E-state index in [4.69, 9.17) is 0 Å². The van der Waals surface area contributed by atoms with Crippen molar-refractivity contribution in [2.45, 2.75) is 20.8 Å². The Morgan fingerprint density at radius 2 is 1.44 bits per heavy atom. The quantitative estimate of drug-likeness (QED) is 0.486. The number of halogens is 1. The Kier molecular flexibility index (Phi) is 2.41. The van der Waals surface area contributed by atoms with E-state index in [1.165, 1.54) is 4.43 Å². The van der Waals surface area contributed by atoms with Crippen molar-refractivity contribution in [3.05, 3.63) is 0 Å². The van der Waals surface area contributed by atoms with E-state index in [0.717, 1.165) is 23.7 Å². The zero-order valence-corrected chi connectivity index (χ0v) is 8.55. The molecule has 1 rings (SSSR count). The van der Waals surface area contributed by atoms with Crippen LogP contribution < -0.4 is 0 Å². The molecule has 0 spiro atoms. The fraction of sp³-hybridized carbons (Fsp3) is 1.00. The summed E-state index contributed by atoms with van der Waals surface area (Å²) in [6, 6.07) is 0. The normalized spacial score (nSPS) is 50.7. The van der Waals surface area contributed by atoms with Gasteiger partial charge in [-0.25, -0.2) is 0 Å². The molecule has 2 unspecified atom stereocenters. The van der Waals surface area contributed by atoms with E-state index in [1.54, 1.807) is 0 Å². The Morgan fingerprint density at radius 3 is 1.67 bits per heavy atom. The second-order valence-corrected chi connectivity index (χ2v) is 4.28. The molecule has 0 saturated heterocycles. The van der Waals surface area contributed by atoms with Gasteiger partial charge in [-0.05, 0) is 23.7 Å². The first-order valence-electron chi connectivity index (χ1n) is 3.74. The highest BCUT2D eigenvalue weighted by Gasteiger charge is 2.40. The summed E-state index contributed by atoms with van der Waals surface area (Å²) in [6.07, 6.45) is 0. The molecular weight excluding hydrogens is 223 g/mol. The molecule has 0 heterocycles. The topological polar surface area (TPSA) is 0 Å². The summed E-state index contributed by atoms with van der Waals surface area (Å²) in [5.74, 6) is 3.96. The molecule has 0 aromatic carbocycles. The lowest BCUT2D eigenvalue weighted by atomic mass is 9.60. The average Bonchev–Trinajstić information content (AvgIpc) is 1.89. The monoisotopic (exact) mass is 238 g/mol. The second kappa shape index (κ2) is 2.77. The molecule has 1 heteroatoms. The average molecular weight is 238 g/mol. The molecule has 0 aromatic heterocycles. The molecule has 0 aromatic rings. The SMILES string of the molecule is CC1C(C)C(CI)C1C. The molecule has 1 saturated carbocycles. The van der Waals surface area contributed by atoms with Gasteiger partial charge in [-0.3, -0.25) is 0 Å². The molecule has 0 aliphatic heterocycles. The standard InChI is InChI=1S/C8H15I/c1-5-6(2)8(4-9)7(5)3/h5-8H,4H2,1-3H3. The highest BCUT2D eigenvalue weighted by atomic mass is 127. The Labute approximate surface area is 71.5 Å². The molecule has 2 atom stereocenters. The van der Waals surface area contributed by atoms with Gasteiger partial charge in [-0.15, -0.1) is 0 Å². The van der Waals surface area contributed by atoms with E-state index in [1.807, 2.05) is 0 Å². The third-order valence-electron chi connectivity index (χ3n) is 3.19. The van der Waals surface area contributed by atoms with Gasteiger partial charge in [0.2, 0.25) is 0 Å². The van der Waals surface area contributed by atoms with E-state index in [0.29, 0.717) is 0 Å². The van der Waals surface area contributed by atoms with E-state index < -0.39 is 0 Å². The minimum atomic E-state index is 0.977. The fourth-order valence-electron chi connectivity index (χ4n) is 1.87. The zero-order chi connectivity index (χ0) is 7.02. The van der Waals surface area contributed by atoms with Crippen LogP contribution >= 0.6 is 22.6 Å². The van der Waals surface area contributed by atoms with Crippen LogP contribution in [0.4, 0.5) is 0 Å². The maximum atomic E-state index is 2.51. The Hall–Kier alpha value is 0.730. The van der Waals surface area contributed by atoms with Gasteiger partial charge in [0, 0.05) is 4.43 Å². The number of alkyl halides is 1. The summed E-state index contributed by atoms with van der Waals surface area (Å²) in [5, 5.41) is 0. The number of hydrogen-bond acceptors (Lipinski definition) is 0. The van der Waals surface area contributed by atoms with Crippen LogP contribution in [0.2, 0.25) is 0 Å². The largest absolute Gasteiger partial charge is 0.0861 e. The van der Waals surface area contributed by atoms with Gasteiger partial charge in [-0.2, -0.15) is 0 Å². The Balaban J connectivity index is 2.41. The van der Waals surface area contributed by atoms with Crippen molar-refractivity contribution in [2.75, 3.05) is 4.43 Å². The minimum Gasteiger partial charge on any atom is -0.0861 e. The van der Waals surface area contributed by atoms with Crippen molar-refractivity contribution >= 4 is 22.6 Å². The van der Waals surface area contributed by atoms with Gasteiger partial charge in [-0.1, -0.05) is 43.4 Å². The van der Waals surface area contributed by atoms with Crippen LogP contribution in [0.5, 0.6) is 0 Å². The number of hydrogen-bond donors (Lipinski definition) is 0. The summed E-state index contributed by atoms with van der Waals surface area (Å²) >= 11 is 2.51. The molecule has 0 N–H and O–H groups in total. The van der Waals surface area contributed by atoms with Gasteiger partial charge in [0.25, 0.3) is 0 Å². The molecule has 54 valence electrons. The summed E-state index contributed by atoms with van der Waals surface area (Å²) in [5.41, 5.74) is 0. The lowest BCUT2D eigenvalue weighted by Crippen LogP contribution is -2.42. The third kappa shape index (κ3) is 1.13. The molecular formula is C8H15I. The molecule has 0 nitrogen and oxygen atoms in total. The van der Waals surface area contributed by atoms with Crippen molar-refractivity contribution in [2.24, 2.45) is 23.7 Å². The third-order valence-corrected chi connectivity index (χ3v) is 4.20. The first kappa shape index (κ1) is 7.83. The van der Waals surface area contributed by atoms with Crippen LogP contribution in [-0.4, -0.2) is 4.43 Å². The predicted molar refractivity (Wildman–Crippen MR) is 49.9 cm³/mol. The maximum absolute atomic E-state index is 2.51. The highest BCUT2D eigenvalue weighted by molar-refractivity contribution is 14.1. The van der Waals surface area contributed by atoms with E-state index in [9.17, 15) is 0 Å². The first-order chi connectivity index (χ1) is 4.18. The maximum Gasteiger partial charge on any atom is 0.00289 e. The number of rotatable bonds is 1. The molecule has 0 amide bonds. The van der Waals surface area contributed by atoms with Crippen molar-refractivity contribution in [1.29, 1.82) is 0 Å². The lowest BCUT2D eigenvalue weighted by molar-refractivity contribution is 0.0361. The first-order valence-corrected chi connectivity index (χ1v) is 5.27. The van der Waals surface area contributed by atoms with Crippen LogP contribution in [0.15, 0.2) is 0 Å². The van der Waals surface area contributed by atoms with Crippen LogP contribution in [0.1, 0.15) is 20.8 Å². The zero-order valence-electron chi connectivity index (χ0n) is 6.39. The van der Waals surface area contributed by atoms with E-state index >= 15 is 0 Å². The van der Waals surface area contributed by atoms with Crippen molar-refractivity contribution in [3.8, 4) is 0 Å². The lowest BCUT2D eigenvalue weighted by Gasteiger charge is -2.47. The summed E-state index contributed by atoms with van der Waals surface area (Å²) < 4.78 is 1.35. The minimum absolute atomic E-state index is 0.977. The molecule has 0 radical (unpaired) electrons. The summed E-state index contributed by atoms with van der Waals surface area (Å²) in [4.78, 5) is 0. The molecule has 1 aliphatic rings. The van der Waals surface area contributed by atoms with E-state index in [2.05, 4.69) is 43.4 Å². The highest BCUT2D eigenvalue weighted by Crippen LogP contribution is 2.45. The molecule has 1 fully saturated rings. The van der Waals surface area contributed by atoms with Crippen LogP contribution in [-0.2, 0) is 0 Å². The fourth-order valence-corrected chi connectivity index (χ4v) is 3.48. The second-order valence-electron chi connectivity index (χ2n) is 3.40. The molecule has 9 heavy (non-hydrogen) atoms. The summed E-state index contributed by atoms with van der Waals surface area (Å²) in [7, 11) is 0. The summed E-state index contributed by atoms with van der Waals surface area (Å²) in [6.45, 7) is 7.14. The van der Waals surface area contributed by atoms with Crippen LogP contribution in [0, 0.1) is 23.7 Å². The molecule has 1 aliphatic carbocycles. The van der Waals surface area contributed by atoms with Crippen molar-refractivity contribution < 1.29 is 0 Å². The Morgan fingerprint density at radius 1 is 1.00 bits per heavy atom. The van der Waals surface area contributed by atoms with Gasteiger partial charge in [0.1, 0.15) is 0 Å². The van der Waals surface area contributed by atoms with Crippen LogP contribution in [0.25, 0.3) is 0 Å². The van der Waals surface area contributed by atoms with Gasteiger partial charge in [0.15, 0.2) is 0 Å². The predicted octanol–water partition coefficient (Wildman–Crippen LogP) is 2.96. The van der Waals surface area contributed by atoms with Gasteiger partial charge < -0.3 is 0 Å². The van der Waals surface area contributed by atoms with Crippen molar-refractivity contribution in [1.82, 2.24) is 0 Å². The van der Waals surface area contributed by atoms with E-state index in [-0.39, 0.29) is 0 Å². The van der Waals surface area contributed by atoms with Gasteiger partial charge >= 0.3 is 0 Å². The smallest absolute Gasteiger partial charge is 0.00289 e. The Bertz CT molecular complexity index is 90.7. The van der Waals surface area contributed by atoms with Crippen LogP contribution in [0.3, 0.4) is 0 Å². The van der Waals surface area contributed by atoms with Crippen molar-refractivity contribution in [3.63, 3.8) is 0 Å². The van der Waals surface area contributed by atoms with Gasteiger partial charge in [0.05, 0.1) is 0 Å².